The van der Waals surface area contributed by atoms with Crippen molar-refractivity contribution in [3.8, 4) is 5.75 Å². The highest BCUT2D eigenvalue weighted by Crippen LogP contribution is 2.23. The van der Waals surface area contributed by atoms with Gasteiger partial charge in [-0.05, 0) is 26.0 Å². The standard InChI is InChI=1S/C12H13F3O2/c1-8(2)17-10-5-3-4-9(6-10)11(16)7-12(13,14)15/h3-6,8H,7H2,1-2H3. The number of ether oxygens (including phenoxy) is 1. The number of carbonyl (C=O) groups is 1. The first kappa shape index (κ1) is 13.5. The zero-order valence-electron chi connectivity index (χ0n) is 9.54. The minimum absolute atomic E-state index is 0.0143. The number of ketones is 1. The van der Waals surface area contributed by atoms with Gasteiger partial charge < -0.3 is 4.74 Å². The number of Topliss-reactive ketones (excluding diaryl/α,β-unsaturated/α-hetero) is 1. The van der Waals surface area contributed by atoms with Gasteiger partial charge in [-0.15, -0.1) is 0 Å². The average molecular weight is 246 g/mol. The molecule has 0 atom stereocenters. The molecule has 0 spiro atoms. The second kappa shape index (κ2) is 5.21. The molecule has 1 aromatic rings. The summed E-state index contributed by atoms with van der Waals surface area (Å²) < 4.78 is 41.5. The van der Waals surface area contributed by atoms with Gasteiger partial charge in [0.05, 0.1) is 6.10 Å². The minimum atomic E-state index is -4.48. The summed E-state index contributed by atoms with van der Waals surface area (Å²) in [4.78, 5) is 11.3. The Bertz CT molecular complexity index is 397. The molecule has 0 unspecified atom stereocenters. The molecule has 0 heterocycles. The van der Waals surface area contributed by atoms with Crippen LogP contribution in [0.3, 0.4) is 0 Å². The zero-order valence-corrected chi connectivity index (χ0v) is 9.54. The summed E-state index contributed by atoms with van der Waals surface area (Å²) in [6, 6.07) is 5.78. The van der Waals surface area contributed by atoms with Gasteiger partial charge in [0.15, 0.2) is 5.78 Å². The molecule has 0 radical (unpaired) electrons. The number of carbonyl (C=O) groups excluding carboxylic acids is 1. The number of benzene rings is 1. The Kier molecular flexibility index (Phi) is 4.15. The fraction of sp³-hybridized carbons (Fsp3) is 0.417. The van der Waals surface area contributed by atoms with Crippen molar-refractivity contribution >= 4 is 5.78 Å². The quantitative estimate of drug-likeness (QED) is 0.758. The van der Waals surface area contributed by atoms with E-state index >= 15 is 0 Å². The van der Waals surface area contributed by atoms with Gasteiger partial charge >= 0.3 is 6.18 Å². The highest BCUT2D eigenvalue weighted by Gasteiger charge is 2.31. The third kappa shape index (κ3) is 4.89. The lowest BCUT2D eigenvalue weighted by molar-refractivity contribution is -0.125. The van der Waals surface area contributed by atoms with Gasteiger partial charge in [-0.3, -0.25) is 4.79 Å². The van der Waals surface area contributed by atoms with Crippen molar-refractivity contribution in [2.45, 2.75) is 32.5 Å². The first-order valence-corrected chi connectivity index (χ1v) is 5.14. The van der Waals surface area contributed by atoms with Crippen LogP contribution >= 0.6 is 0 Å². The van der Waals surface area contributed by atoms with Crippen molar-refractivity contribution in [2.24, 2.45) is 0 Å². The van der Waals surface area contributed by atoms with Crippen molar-refractivity contribution in [1.82, 2.24) is 0 Å². The van der Waals surface area contributed by atoms with Crippen molar-refractivity contribution in [3.05, 3.63) is 29.8 Å². The van der Waals surface area contributed by atoms with E-state index in [1.54, 1.807) is 19.9 Å². The normalized spacial score (nSPS) is 11.6. The van der Waals surface area contributed by atoms with E-state index in [4.69, 9.17) is 4.74 Å². The van der Waals surface area contributed by atoms with Gasteiger partial charge in [-0.2, -0.15) is 13.2 Å². The molecule has 0 fully saturated rings. The molecule has 0 N–H and O–H groups in total. The summed E-state index contributed by atoms with van der Waals surface area (Å²) in [5.41, 5.74) is 0.0143. The maximum atomic E-state index is 12.1. The van der Waals surface area contributed by atoms with Crippen LogP contribution in [0.4, 0.5) is 13.2 Å². The molecule has 0 aromatic heterocycles. The molecular formula is C12H13F3O2. The first-order chi connectivity index (χ1) is 7.78. The van der Waals surface area contributed by atoms with Gasteiger partial charge in [-0.1, -0.05) is 12.1 Å². The fourth-order valence-electron chi connectivity index (χ4n) is 1.30. The Morgan fingerprint density at radius 2 is 2.00 bits per heavy atom. The lowest BCUT2D eigenvalue weighted by atomic mass is 10.1. The summed E-state index contributed by atoms with van der Waals surface area (Å²) >= 11 is 0. The predicted molar refractivity (Wildman–Crippen MR) is 57.2 cm³/mol. The SMILES string of the molecule is CC(C)Oc1cccc(C(=O)CC(F)(F)F)c1. The lowest BCUT2D eigenvalue weighted by Crippen LogP contribution is -2.15. The minimum Gasteiger partial charge on any atom is -0.491 e. The first-order valence-electron chi connectivity index (χ1n) is 5.14. The predicted octanol–water partition coefficient (Wildman–Crippen LogP) is 3.61. The molecule has 0 aliphatic rings. The number of rotatable bonds is 4. The van der Waals surface area contributed by atoms with Crippen LogP contribution in [0.2, 0.25) is 0 Å². The number of hydrogen-bond donors (Lipinski definition) is 0. The van der Waals surface area contributed by atoms with Crippen LogP contribution in [-0.4, -0.2) is 18.1 Å². The summed E-state index contributed by atoms with van der Waals surface area (Å²) in [5, 5.41) is 0. The highest BCUT2D eigenvalue weighted by atomic mass is 19.4. The van der Waals surface area contributed by atoms with E-state index in [-0.39, 0.29) is 11.7 Å². The molecule has 0 aliphatic heterocycles. The van der Waals surface area contributed by atoms with Gasteiger partial charge in [0.25, 0.3) is 0 Å². The van der Waals surface area contributed by atoms with E-state index < -0.39 is 18.4 Å². The van der Waals surface area contributed by atoms with Crippen molar-refractivity contribution in [3.63, 3.8) is 0 Å². The number of halogens is 3. The van der Waals surface area contributed by atoms with E-state index in [1.807, 2.05) is 0 Å². The zero-order chi connectivity index (χ0) is 13.1. The molecular weight excluding hydrogens is 233 g/mol. The second-order valence-electron chi connectivity index (χ2n) is 3.91. The molecule has 17 heavy (non-hydrogen) atoms. The van der Waals surface area contributed by atoms with Gasteiger partial charge in [0.1, 0.15) is 12.2 Å². The van der Waals surface area contributed by atoms with Crippen molar-refractivity contribution < 1.29 is 22.7 Å². The van der Waals surface area contributed by atoms with Crippen LogP contribution in [0.25, 0.3) is 0 Å². The largest absolute Gasteiger partial charge is 0.491 e. The molecule has 5 heteroatoms. The fourth-order valence-corrected chi connectivity index (χ4v) is 1.30. The van der Waals surface area contributed by atoms with Crippen LogP contribution in [0.1, 0.15) is 30.6 Å². The lowest BCUT2D eigenvalue weighted by Gasteiger charge is -2.11. The molecule has 0 saturated heterocycles. The maximum Gasteiger partial charge on any atom is 0.396 e. The van der Waals surface area contributed by atoms with Crippen LogP contribution in [0.15, 0.2) is 24.3 Å². The molecule has 0 bridgehead atoms. The number of hydrogen-bond acceptors (Lipinski definition) is 2. The van der Waals surface area contributed by atoms with E-state index in [9.17, 15) is 18.0 Å². The molecule has 0 saturated carbocycles. The molecule has 0 amide bonds. The Hall–Kier alpha value is -1.52. The van der Waals surface area contributed by atoms with Crippen LogP contribution in [0, 0.1) is 0 Å². The van der Waals surface area contributed by atoms with Gasteiger partial charge in [-0.25, -0.2) is 0 Å². The topological polar surface area (TPSA) is 26.3 Å². The Morgan fingerprint density at radius 1 is 1.35 bits per heavy atom. The van der Waals surface area contributed by atoms with Crippen LogP contribution in [0.5, 0.6) is 5.75 Å². The molecule has 2 nitrogen and oxygen atoms in total. The Labute approximate surface area is 97.4 Å². The Balaban J connectivity index is 2.81. The molecule has 0 aliphatic carbocycles. The van der Waals surface area contributed by atoms with Crippen molar-refractivity contribution in [2.75, 3.05) is 0 Å². The van der Waals surface area contributed by atoms with Gasteiger partial charge in [0, 0.05) is 5.56 Å². The van der Waals surface area contributed by atoms with Crippen LogP contribution < -0.4 is 4.74 Å². The third-order valence-corrected chi connectivity index (χ3v) is 1.89. The highest BCUT2D eigenvalue weighted by molar-refractivity contribution is 5.96. The molecule has 1 rings (SSSR count). The number of alkyl halides is 3. The molecule has 1 aromatic carbocycles. The summed E-state index contributed by atoms with van der Waals surface area (Å²) in [6.45, 7) is 3.59. The third-order valence-electron chi connectivity index (χ3n) is 1.89. The second-order valence-corrected chi connectivity index (χ2v) is 3.91. The maximum absolute atomic E-state index is 12.1. The summed E-state index contributed by atoms with van der Waals surface area (Å²) in [6.07, 6.45) is -6.02. The summed E-state index contributed by atoms with van der Waals surface area (Å²) in [5.74, 6) is -0.556. The monoisotopic (exact) mass is 246 g/mol. The van der Waals surface area contributed by atoms with Gasteiger partial charge in [0.2, 0.25) is 0 Å². The van der Waals surface area contributed by atoms with Crippen LogP contribution in [-0.2, 0) is 0 Å². The average Bonchev–Trinajstić information content (AvgIpc) is 2.14. The smallest absolute Gasteiger partial charge is 0.396 e. The van der Waals surface area contributed by atoms with E-state index in [1.165, 1.54) is 18.2 Å². The molecule has 94 valence electrons. The van der Waals surface area contributed by atoms with E-state index in [2.05, 4.69) is 0 Å². The Morgan fingerprint density at radius 3 is 2.53 bits per heavy atom. The van der Waals surface area contributed by atoms with E-state index in [0.717, 1.165) is 0 Å². The van der Waals surface area contributed by atoms with Crippen molar-refractivity contribution in [1.29, 1.82) is 0 Å². The summed E-state index contributed by atoms with van der Waals surface area (Å²) in [7, 11) is 0. The van der Waals surface area contributed by atoms with E-state index in [0.29, 0.717) is 5.75 Å².